The molecule has 156 valence electrons. The molecule has 1 amide bonds. The number of hydrogen-bond donors (Lipinski definition) is 0. The van der Waals surface area contributed by atoms with Crippen molar-refractivity contribution in [2.24, 2.45) is 0 Å². The number of carbonyl (C=O) groups is 2. The summed E-state index contributed by atoms with van der Waals surface area (Å²) in [5, 5.41) is 0.476. The number of methoxy groups -OCH3 is 1. The van der Waals surface area contributed by atoms with Crippen LogP contribution in [0, 0.1) is 0 Å². The van der Waals surface area contributed by atoms with Gasteiger partial charge in [-0.25, -0.2) is 4.79 Å². The van der Waals surface area contributed by atoms with Crippen LogP contribution in [0.5, 0.6) is 0 Å². The molecule has 0 aromatic heterocycles. The Morgan fingerprint density at radius 2 is 1.70 bits per heavy atom. The van der Waals surface area contributed by atoms with Gasteiger partial charge in [-0.15, -0.1) is 0 Å². The van der Waals surface area contributed by atoms with Crippen LogP contribution in [0.4, 0.5) is 18.9 Å². The molecule has 3 rings (SSSR count). The first kappa shape index (κ1) is 21.9. The van der Waals surface area contributed by atoms with Crippen LogP contribution in [0.15, 0.2) is 59.3 Å². The molecular formula is C21H14Cl2F3NO3. The highest BCUT2D eigenvalue weighted by Crippen LogP contribution is 2.39. The maximum absolute atomic E-state index is 13.2. The minimum absolute atomic E-state index is 0.0395. The van der Waals surface area contributed by atoms with E-state index in [0.29, 0.717) is 5.56 Å². The topological polar surface area (TPSA) is 46.6 Å². The fourth-order valence-electron chi connectivity index (χ4n) is 3.11. The number of rotatable bonds is 3. The molecule has 2 aromatic carbocycles. The Morgan fingerprint density at radius 1 is 1.10 bits per heavy atom. The molecule has 4 nitrogen and oxygen atoms in total. The van der Waals surface area contributed by atoms with Gasteiger partial charge in [0, 0.05) is 27.0 Å². The van der Waals surface area contributed by atoms with Gasteiger partial charge in [-0.2, -0.15) is 13.2 Å². The lowest BCUT2D eigenvalue weighted by atomic mass is 10.0. The molecule has 1 aliphatic heterocycles. The Hall–Kier alpha value is -2.77. The van der Waals surface area contributed by atoms with E-state index in [9.17, 15) is 22.8 Å². The quantitative estimate of drug-likeness (QED) is 0.428. The van der Waals surface area contributed by atoms with Gasteiger partial charge in [-0.3, -0.25) is 9.69 Å². The maximum Gasteiger partial charge on any atom is 0.416 e. The van der Waals surface area contributed by atoms with Crippen molar-refractivity contribution in [3.63, 3.8) is 0 Å². The Kier molecular flexibility index (Phi) is 5.97. The first-order chi connectivity index (χ1) is 14.1. The van der Waals surface area contributed by atoms with Gasteiger partial charge in [0.1, 0.15) is 0 Å². The van der Waals surface area contributed by atoms with Crippen LogP contribution in [0.25, 0.3) is 6.08 Å². The highest BCUT2D eigenvalue weighted by molar-refractivity contribution is 6.37. The van der Waals surface area contributed by atoms with Crippen LogP contribution >= 0.6 is 23.2 Å². The summed E-state index contributed by atoms with van der Waals surface area (Å²) in [6.45, 7) is 1.44. The summed E-state index contributed by atoms with van der Waals surface area (Å²) in [7, 11) is 1.14. The molecule has 1 aliphatic rings. The smallest absolute Gasteiger partial charge is 0.416 e. The minimum atomic E-state index is -4.59. The lowest BCUT2D eigenvalue weighted by Crippen LogP contribution is -2.25. The molecule has 0 saturated heterocycles. The zero-order valence-electron chi connectivity index (χ0n) is 15.7. The zero-order valence-corrected chi connectivity index (χ0v) is 17.2. The SMILES string of the molecule is COC(=O)C1=C(C)N(c2cccc(C(F)(F)F)c2)C(=O)/C1=C\c1c(Cl)cccc1Cl. The number of allylic oxidation sites excluding steroid dienone is 1. The van der Waals surface area contributed by atoms with Crippen molar-refractivity contribution in [2.45, 2.75) is 13.1 Å². The number of benzene rings is 2. The summed E-state index contributed by atoms with van der Waals surface area (Å²) >= 11 is 12.3. The lowest BCUT2D eigenvalue weighted by molar-refractivity contribution is -0.137. The normalized spacial score (nSPS) is 15.9. The van der Waals surface area contributed by atoms with Crippen LogP contribution in [0.1, 0.15) is 18.1 Å². The molecule has 0 unspecified atom stereocenters. The van der Waals surface area contributed by atoms with Crippen LogP contribution in [0.3, 0.4) is 0 Å². The van der Waals surface area contributed by atoms with Crippen molar-refractivity contribution in [2.75, 3.05) is 12.0 Å². The van der Waals surface area contributed by atoms with Crippen LogP contribution in [-0.4, -0.2) is 19.0 Å². The number of anilines is 1. The molecule has 0 fully saturated rings. The van der Waals surface area contributed by atoms with Crippen LogP contribution in [-0.2, 0) is 20.5 Å². The molecule has 0 aliphatic carbocycles. The number of nitrogens with zero attached hydrogens (tertiary/aromatic N) is 1. The van der Waals surface area contributed by atoms with Gasteiger partial charge in [0.25, 0.3) is 5.91 Å². The monoisotopic (exact) mass is 455 g/mol. The molecule has 0 saturated carbocycles. The molecule has 0 bridgehead atoms. The first-order valence-corrected chi connectivity index (χ1v) is 9.29. The summed E-state index contributed by atoms with van der Waals surface area (Å²) in [6, 6.07) is 8.98. The number of ether oxygens (including phenoxy) is 1. The van der Waals surface area contributed by atoms with Gasteiger partial charge >= 0.3 is 12.1 Å². The van der Waals surface area contributed by atoms with Gasteiger partial charge in [-0.1, -0.05) is 35.3 Å². The predicted octanol–water partition coefficient (Wildman–Crippen LogP) is 5.89. The molecule has 1 heterocycles. The number of esters is 1. The Bertz CT molecular complexity index is 1090. The molecule has 2 aromatic rings. The number of carbonyl (C=O) groups excluding carboxylic acids is 2. The van der Waals surface area contributed by atoms with E-state index in [4.69, 9.17) is 27.9 Å². The molecule has 0 atom stereocenters. The average Bonchev–Trinajstić information content (AvgIpc) is 2.93. The molecule has 0 spiro atoms. The molecule has 9 heteroatoms. The van der Waals surface area contributed by atoms with Crippen LogP contribution < -0.4 is 4.90 Å². The van der Waals surface area contributed by atoms with E-state index in [1.807, 2.05) is 0 Å². The highest BCUT2D eigenvalue weighted by atomic mass is 35.5. The van der Waals surface area contributed by atoms with E-state index in [1.165, 1.54) is 25.1 Å². The third-order valence-electron chi connectivity index (χ3n) is 4.51. The number of amides is 1. The molecule has 0 radical (unpaired) electrons. The number of halogens is 5. The summed E-state index contributed by atoms with van der Waals surface area (Å²) in [5.41, 5.74) is -0.721. The van der Waals surface area contributed by atoms with Gasteiger partial charge in [0.15, 0.2) is 0 Å². The Morgan fingerprint density at radius 3 is 2.27 bits per heavy atom. The second-order valence-electron chi connectivity index (χ2n) is 6.33. The standard InChI is InChI=1S/C21H14Cl2F3NO3/c1-11-18(20(29)30-2)15(10-14-16(22)7-4-8-17(14)23)19(28)27(11)13-6-3-5-12(9-13)21(24,25)26/h3-10H,1-2H3/b15-10-. The van der Waals surface area contributed by atoms with E-state index >= 15 is 0 Å². The molecule has 0 N–H and O–H groups in total. The van der Waals surface area contributed by atoms with E-state index in [2.05, 4.69) is 0 Å². The third-order valence-corrected chi connectivity index (χ3v) is 5.17. The molecular weight excluding hydrogens is 442 g/mol. The van der Waals surface area contributed by atoms with Crippen molar-refractivity contribution in [3.8, 4) is 0 Å². The second-order valence-corrected chi connectivity index (χ2v) is 7.15. The lowest BCUT2D eigenvalue weighted by Gasteiger charge is -2.19. The van der Waals surface area contributed by atoms with Crippen molar-refractivity contribution in [1.82, 2.24) is 0 Å². The molecule has 30 heavy (non-hydrogen) atoms. The third kappa shape index (κ3) is 3.95. The van der Waals surface area contributed by atoms with E-state index in [1.54, 1.807) is 18.2 Å². The Labute approximate surface area is 180 Å². The highest BCUT2D eigenvalue weighted by Gasteiger charge is 2.39. The first-order valence-electron chi connectivity index (χ1n) is 8.53. The van der Waals surface area contributed by atoms with E-state index in [0.717, 1.165) is 24.1 Å². The summed E-state index contributed by atoms with van der Waals surface area (Å²) in [4.78, 5) is 26.6. The van der Waals surface area contributed by atoms with E-state index in [-0.39, 0.29) is 32.6 Å². The zero-order chi connectivity index (χ0) is 22.2. The van der Waals surface area contributed by atoms with Gasteiger partial charge in [0.2, 0.25) is 0 Å². The second kappa shape index (κ2) is 8.16. The average molecular weight is 456 g/mol. The van der Waals surface area contributed by atoms with Crippen molar-refractivity contribution < 1.29 is 27.5 Å². The van der Waals surface area contributed by atoms with Crippen LogP contribution in [0.2, 0.25) is 10.0 Å². The maximum atomic E-state index is 13.2. The number of alkyl halides is 3. The van der Waals surface area contributed by atoms with Crippen molar-refractivity contribution in [3.05, 3.63) is 80.5 Å². The Balaban J connectivity index is 2.20. The van der Waals surface area contributed by atoms with E-state index < -0.39 is 23.6 Å². The fourth-order valence-corrected chi connectivity index (χ4v) is 3.61. The fraction of sp³-hybridized carbons (Fsp3) is 0.143. The van der Waals surface area contributed by atoms with Gasteiger partial charge < -0.3 is 4.74 Å². The van der Waals surface area contributed by atoms with Crippen molar-refractivity contribution in [1.29, 1.82) is 0 Å². The number of hydrogen-bond acceptors (Lipinski definition) is 3. The van der Waals surface area contributed by atoms with Gasteiger partial charge in [-0.05, 0) is 43.3 Å². The summed E-state index contributed by atoms with van der Waals surface area (Å²) in [5.74, 6) is -1.52. The van der Waals surface area contributed by atoms with Gasteiger partial charge in [0.05, 0.1) is 23.8 Å². The van der Waals surface area contributed by atoms with Crippen molar-refractivity contribution >= 4 is 46.8 Å². The largest absolute Gasteiger partial charge is 0.465 e. The minimum Gasteiger partial charge on any atom is -0.465 e. The predicted molar refractivity (Wildman–Crippen MR) is 108 cm³/mol. The summed E-state index contributed by atoms with van der Waals surface area (Å²) in [6.07, 6.45) is -3.26. The summed E-state index contributed by atoms with van der Waals surface area (Å²) < 4.78 is 44.2.